The minimum Gasteiger partial charge on any atom is -0.463 e. The molecule has 1 aliphatic carbocycles. The fourth-order valence-electron chi connectivity index (χ4n) is 4.84. The van der Waals surface area contributed by atoms with Crippen molar-refractivity contribution in [2.24, 2.45) is 4.99 Å². The molecule has 7 nitrogen and oxygen atoms in total. The standard InChI is InChI=1S/C29H42ClF2N3O4Si2/c1-27(2,3)41(8,9)39-22-17-20(13-15-29(22,31)32)35-23(36)18-28(4,34-25(35)33-26(37)38)21-12-10-11-19(24(21)30)14-16-40(5,6)7/h10-12,20,22H,13,15,17-18H2,1-9H3,(H,33,34)(H,37,38)/t20-,22-,28-/m0/s1. The maximum Gasteiger partial charge on any atom is 0.434 e. The van der Waals surface area contributed by atoms with Crippen molar-refractivity contribution in [1.82, 2.24) is 10.2 Å². The molecule has 0 unspecified atom stereocenters. The fourth-order valence-corrected chi connectivity index (χ4v) is 7.06. The second kappa shape index (κ2) is 11.4. The van der Waals surface area contributed by atoms with Gasteiger partial charge in [-0.2, -0.15) is 0 Å². The molecule has 2 N–H and O–H groups in total. The number of hydrogen-bond donors (Lipinski definition) is 2. The average molecular weight is 626 g/mol. The number of nitrogens with zero attached hydrogens (tertiary/aromatic N) is 2. The van der Waals surface area contributed by atoms with Crippen LogP contribution >= 0.6 is 11.6 Å². The van der Waals surface area contributed by atoms with Gasteiger partial charge >= 0.3 is 6.09 Å². The first-order valence-electron chi connectivity index (χ1n) is 13.9. The molecule has 2 fully saturated rings. The van der Waals surface area contributed by atoms with Gasteiger partial charge in [0.25, 0.3) is 5.92 Å². The van der Waals surface area contributed by atoms with Gasteiger partial charge in [-0.1, -0.05) is 70.1 Å². The van der Waals surface area contributed by atoms with Gasteiger partial charge in [0, 0.05) is 18.0 Å². The predicted octanol–water partition coefficient (Wildman–Crippen LogP) is 7.22. The van der Waals surface area contributed by atoms with Crippen LogP contribution in [0.3, 0.4) is 0 Å². The van der Waals surface area contributed by atoms with E-state index in [1.54, 1.807) is 25.1 Å². The number of halogens is 3. The van der Waals surface area contributed by atoms with Crippen LogP contribution in [0.4, 0.5) is 13.6 Å². The van der Waals surface area contributed by atoms with Crippen LogP contribution in [0.25, 0.3) is 0 Å². The number of aliphatic imine (C=N–C) groups is 1. The minimum absolute atomic E-state index is 0.0182. The molecule has 226 valence electrons. The smallest absolute Gasteiger partial charge is 0.434 e. The Kier molecular flexibility index (Phi) is 9.27. The Hall–Kier alpha value is -2.27. The number of carbonyl (C=O) groups excluding carboxylic acids is 1. The summed E-state index contributed by atoms with van der Waals surface area (Å²) in [6.07, 6.45) is -3.63. The SMILES string of the molecule is CC(C)(C)[Si](C)(C)O[C@H]1C[C@@H](N2C(=O)C[C@@](C)(c3cccc(C#C[Si](C)(C)C)c3Cl)N/C2=N\C(=O)O)CCC1(F)F. The normalized spacial score (nSPS) is 26.3. The highest BCUT2D eigenvalue weighted by Crippen LogP contribution is 2.45. The quantitative estimate of drug-likeness (QED) is 0.272. The molecule has 2 aliphatic rings. The summed E-state index contributed by atoms with van der Waals surface area (Å²) in [6, 6.07) is 4.65. The number of guanidine groups is 1. The topological polar surface area (TPSA) is 91.2 Å². The van der Waals surface area contributed by atoms with Crippen LogP contribution in [-0.4, -0.2) is 62.4 Å². The summed E-state index contributed by atoms with van der Waals surface area (Å²) < 4.78 is 36.4. The first-order chi connectivity index (χ1) is 18.6. The average Bonchev–Trinajstić information content (AvgIpc) is 2.78. The molecule has 41 heavy (non-hydrogen) atoms. The van der Waals surface area contributed by atoms with E-state index in [0.29, 0.717) is 16.1 Å². The molecule has 3 atom stereocenters. The number of alkyl halides is 2. The summed E-state index contributed by atoms with van der Waals surface area (Å²) in [5.41, 5.74) is 3.37. The lowest BCUT2D eigenvalue weighted by Crippen LogP contribution is -2.64. The van der Waals surface area contributed by atoms with Crippen LogP contribution in [0.1, 0.15) is 64.5 Å². The third kappa shape index (κ3) is 7.58. The molecule has 1 saturated carbocycles. The lowest BCUT2D eigenvalue weighted by molar-refractivity contribution is -0.148. The van der Waals surface area contributed by atoms with Crippen LogP contribution in [0.5, 0.6) is 0 Å². The fraction of sp³-hybridized carbons (Fsp3) is 0.621. The van der Waals surface area contributed by atoms with Crippen LogP contribution in [0.2, 0.25) is 42.8 Å². The summed E-state index contributed by atoms with van der Waals surface area (Å²) in [5.74, 6) is -0.541. The van der Waals surface area contributed by atoms with E-state index >= 15 is 8.78 Å². The molecule has 1 saturated heterocycles. The van der Waals surface area contributed by atoms with Gasteiger partial charge in [0.2, 0.25) is 11.9 Å². The summed E-state index contributed by atoms with van der Waals surface area (Å²) in [7, 11) is -4.26. The summed E-state index contributed by atoms with van der Waals surface area (Å²) in [5, 5.41) is 12.8. The zero-order valence-corrected chi connectivity index (χ0v) is 28.2. The Morgan fingerprint density at radius 3 is 2.44 bits per heavy atom. The van der Waals surface area contributed by atoms with Crippen LogP contribution < -0.4 is 5.32 Å². The number of rotatable bonds is 4. The van der Waals surface area contributed by atoms with Gasteiger partial charge in [0.15, 0.2) is 8.32 Å². The third-order valence-electron chi connectivity index (χ3n) is 8.13. The van der Waals surface area contributed by atoms with E-state index in [1.165, 1.54) is 4.90 Å². The Morgan fingerprint density at radius 2 is 1.88 bits per heavy atom. The van der Waals surface area contributed by atoms with Crippen molar-refractivity contribution in [2.75, 3.05) is 0 Å². The highest BCUT2D eigenvalue weighted by atomic mass is 35.5. The molecule has 1 aromatic carbocycles. The van der Waals surface area contributed by atoms with Crippen molar-refractivity contribution >= 4 is 46.0 Å². The molecule has 0 bridgehead atoms. The molecule has 1 heterocycles. The first-order valence-corrected chi connectivity index (χ1v) is 20.6. The molecule has 0 radical (unpaired) electrons. The third-order valence-corrected chi connectivity index (χ3v) is 13.9. The monoisotopic (exact) mass is 625 g/mol. The zero-order valence-electron chi connectivity index (χ0n) is 25.4. The summed E-state index contributed by atoms with van der Waals surface area (Å²) in [6.45, 7) is 17.9. The first kappa shape index (κ1) is 33.2. The summed E-state index contributed by atoms with van der Waals surface area (Å²) in [4.78, 5) is 30.5. The Bertz CT molecular complexity index is 1300. The van der Waals surface area contributed by atoms with Gasteiger partial charge in [0.1, 0.15) is 14.2 Å². The van der Waals surface area contributed by atoms with Crippen LogP contribution in [0.15, 0.2) is 23.2 Å². The largest absolute Gasteiger partial charge is 0.463 e. The van der Waals surface area contributed by atoms with Gasteiger partial charge in [-0.05, 0) is 49.5 Å². The van der Waals surface area contributed by atoms with E-state index in [4.69, 9.17) is 16.0 Å². The Balaban J connectivity index is 1.98. The molecule has 1 aromatic rings. The molecule has 0 spiro atoms. The molecule has 12 heteroatoms. The number of carboxylic acid groups (broad SMARTS) is 1. The van der Waals surface area contributed by atoms with Gasteiger partial charge in [-0.15, -0.1) is 10.5 Å². The molecular formula is C29H42ClF2N3O4Si2. The maximum absolute atomic E-state index is 15.1. The number of hydrogen-bond acceptors (Lipinski definition) is 3. The van der Waals surface area contributed by atoms with Crippen molar-refractivity contribution in [3.63, 3.8) is 0 Å². The number of carbonyl (C=O) groups is 2. The number of nitrogens with one attached hydrogen (secondary N) is 1. The molecule has 0 aromatic heterocycles. The summed E-state index contributed by atoms with van der Waals surface area (Å²) >= 11 is 6.79. The molecule has 2 amide bonds. The van der Waals surface area contributed by atoms with Gasteiger partial charge in [-0.25, -0.2) is 13.6 Å². The van der Waals surface area contributed by atoms with Crippen molar-refractivity contribution in [3.05, 3.63) is 34.3 Å². The van der Waals surface area contributed by atoms with E-state index in [-0.39, 0.29) is 30.3 Å². The van der Waals surface area contributed by atoms with Crippen molar-refractivity contribution < 1.29 is 27.9 Å². The van der Waals surface area contributed by atoms with E-state index in [9.17, 15) is 14.7 Å². The minimum atomic E-state index is -3.07. The Morgan fingerprint density at radius 1 is 1.24 bits per heavy atom. The zero-order chi connectivity index (χ0) is 31.2. The second-order valence-corrected chi connectivity index (χ2v) is 23.7. The Labute approximate surface area is 249 Å². The highest BCUT2D eigenvalue weighted by Gasteiger charge is 2.53. The molecular weight excluding hydrogens is 584 g/mol. The predicted molar refractivity (Wildman–Crippen MR) is 164 cm³/mol. The van der Waals surface area contributed by atoms with Gasteiger partial charge in [-0.3, -0.25) is 9.69 Å². The van der Waals surface area contributed by atoms with Gasteiger partial charge < -0.3 is 14.8 Å². The van der Waals surface area contributed by atoms with E-state index in [0.717, 1.165) is 0 Å². The lowest BCUT2D eigenvalue weighted by atomic mass is 9.83. The molecule has 1 aliphatic heterocycles. The van der Waals surface area contributed by atoms with Crippen molar-refractivity contribution in [2.45, 2.75) is 115 Å². The van der Waals surface area contributed by atoms with E-state index < -0.39 is 58.4 Å². The number of amides is 2. The van der Waals surface area contributed by atoms with Crippen LogP contribution in [-0.2, 0) is 14.8 Å². The lowest BCUT2D eigenvalue weighted by Gasteiger charge is -2.49. The molecule has 3 rings (SSSR count). The second-order valence-electron chi connectivity index (χ2n) is 13.8. The highest BCUT2D eigenvalue weighted by molar-refractivity contribution is 6.83. The van der Waals surface area contributed by atoms with E-state index in [2.05, 4.69) is 41.4 Å². The van der Waals surface area contributed by atoms with Crippen molar-refractivity contribution in [3.8, 4) is 11.5 Å². The van der Waals surface area contributed by atoms with Gasteiger partial charge in [0.05, 0.1) is 17.0 Å². The van der Waals surface area contributed by atoms with Crippen molar-refractivity contribution in [1.29, 1.82) is 0 Å². The number of benzene rings is 1. The van der Waals surface area contributed by atoms with E-state index in [1.807, 2.05) is 33.9 Å². The van der Waals surface area contributed by atoms with Crippen LogP contribution in [0, 0.1) is 11.5 Å². The maximum atomic E-state index is 15.1.